The molecule has 120 valence electrons. The van der Waals surface area contributed by atoms with Crippen LogP contribution in [0.5, 0.6) is 11.5 Å². The van der Waals surface area contributed by atoms with Crippen LogP contribution >= 0.6 is 22.9 Å². The lowest BCUT2D eigenvalue weighted by atomic mass is 10.1. The van der Waals surface area contributed by atoms with Crippen molar-refractivity contribution in [2.45, 2.75) is 19.1 Å². The first-order valence-electron chi connectivity index (χ1n) is 6.93. The third-order valence-electron chi connectivity index (χ3n) is 3.40. The van der Waals surface area contributed by atoms with Gasteiger partial charge in [-0.1, -0.05) is 11.6 Å². The van der Waals surface area contributed by atoms with Gasteiger partial charge in [-0.15, -0.1) is 11.3 Å². The first kappa shape index (κ1) is 17.1. The largest absolute Gasteiger partial charge is 0.497 e. The zero-order valence-corrected chi connectivity index (χ0v) is 14.4. The Kier molecular flexibility index (Phi) is 6.08. The highest BCUT2D eigenvalue weighted by molar-refractivity contribution is 7.16. The maximum atomic E-state index is 10.4. The molecule has 2 aromatic rings. The number of methoxy groups -OCH3 is 2. The molecule has 0 aliphatic carbocycles. The fourth-order valence-electron chi connectivity index (χ4n) is 2.09. The molecule has 0 aliphatic rings. The molecule has 1 aromatic heterocycles. The van der Waals surface area contributed by atoms with Crippen LogP contribution < -0.4 is 14.8 Å². The van der Waals surface area contributed by atoms with Gasteiger partial charge in [0.15, 0.2) is 0 Å². The minimum Gasteiger partial charge on any atom is -0.497 e. The molecule has 2 unspecified atom stereocenters. The van der Waals surface area contributed by atoms with E-state index in [-0.39, 0.29) is 6.04 Å². The van der Waals surface area contributed by atoms with E-state index >= 15 is 0 Å². The first-order valence-corrected chi connectivity index (χ1v) is 8.12. The molecule has 0 amide bonds. The van der Waals surface area contributed by atoms with E-state index in [1.165, 1.54) is 11.3 Å². The number of aliphatic hydroxyl groups is 1. The van der Waals surface area contributed by atoms with Gasteiger partial charge in [0.1, 0.15) is 11.5 Å². The van der Waals surface area contributed by atoms with E-state index in [4.69, 9.17) is 21.1 Å². The zero-order valence-electron chi connectivity index (χ0n) is 12.8. The van der Waals surface area contributed by atoms with Gasteiger partial charge in [0.05, 0.1) is 24.7 Å². The van der Waals surface area contributed by atoms with Gasteiger partial charge in [0.2, 0.25) is 0 Å². The van der Waals surface area contributed by atoms with Crippen molar-refractivity contribution < 1.29 is 14.6 Å². The van der Waals surface area contributed by atoms with Crippen molar-refractivity contribution in [3.63, 3.8) is 0 Å². The fourth-order valence-corrected chi connectivity index (χ4v) is 3.18. The van der Waals surface area contributed by atoms with Crippen LogP contribution in [0.4, 0.5) is 0 Å². The Balaban J connectivity index is 2.01. The Labute approximate surface area is 139 Å². The molecule has 4 nitrogen and oxygen atoms in total. The monoisotopic (exact) mass is 341 g/mol. The van der Waals surface area contributed by atoms with E-state index in [1.54, 1.807) is 20.3 Å². The number of rotatable bonds is 7. The van der Waals surface area contributed by atoms with Crippen LogP contribution in [-0.4, -0.2) is 25.9 Å². The second kappa shape index (κ2) is 7.83. The third kappa shape index (κ3) is 4.36. The first-order chi connectivity index (χ1) is 10.5. The highest BCUT2D eigenvalue weighted by Gasteiger charge is 2.14. The van der Waals surface area contributed by atoms with E-state index in [9.17, 15) is 5.11 Å². The van der Waals surface area contributed by atoms with Crippen LogP contribution in [0, 0.1) is 0 Å². The minimum absolute atomic E-state index is 0.125. The molecule has 6 heteroatoms. The molecule has 0 saturated carbocycles. The topological polar surface area (TPSA) is 50.7 Å². The number of benzene rings is 1. The summed E-state index contributed by atoms with van der Waals surface area (Å²) in [5.74, 6) is 1.32. The van der Waals surface area contributed by atoms with Crippen molar-refractivity contribution in [3.8, 4) is 11.5 Å². The summed E-state index contributed by atoms with van der Waals surface area (Å²) in [4.78, 5) is 1.14. The van der Waals surface area contributed by atoms with Crippen LogP contribution in [0.25, 0.3) is 0 Å². The average molecular weight is 342 g/mol. The number of hydrogen-bond acceptors (Lipinski definition) is 5. The molecule has 0 radical (unpaired) electrons. The highest BCUT2D eigenvalue weighted by Crippen LogP contribution is 2.28. The van der Waals surface area contributed by atoms with Crippen LogP contribution in [0.1, 0.15) is 29.5 Å². The Morgan fingerprint density at radius 3 is 2.32 bits per heavy atom. The van der Waals surface area contributed by atoms with Crippen molar-refractivity contribution in [1.29, 1.82) is 0 Å². The molecule has 0 saturated heterocycles. The minimum atomic E-state index is -0.651. The molecule has 1 heterocycles. The molecule has 2 rings (SSSR count). The number of hydrogen-bond donors (Lipinski definition) is 2. The van der Waals surface area contributed by atoms with Gasteiger partial charge >= 0.3 is 0 Å². The molecular formula is C16H20ClNO3S. The Bertz CT molecular complexity index is 595. The van der Waals surface area contributed by atoms with Crippen molar-refractivity contribution >= 4 is 22.9 Å². The SMILES string of the molecule is COc1cc(OC)cc(C(O)CNC(C)c2ccc(Cl)s2)c1. The quantitative estimate of drug-likeness (QED) is 0.804. The molecule has 0 aliphatic heterocycles. The van der Waals surface area contributed by atoms with E-state index in [1.807, 2.05) is 31.2 Å². The maximum absolute atomic E-state index is 10.4. The molecule has 22 heavy (non-hydrogen) atoms. The van der Waals surface area contributed by atoms with Gasteiger partial charge in [-0.2, -0.15) is 0 Å². The Hall–Kier alpha value is -1.27. The summed E-state index contributed by atoms with van der Waals surface area (Å²) in [6, 6.07) is 9.39. The normalized spacial score (nSPS) is 13.7. The molecule has 0 fully saturated rings. The molecule has 2 N–H and O–H groups in total. The highest BCUT2D eigenvalue weighted by atomic mass is 35.5. The molecule has 2 atom stereocenters. The van der Waals surface area contributed by atoms with Gasteiger partial charge in [-0.05, 0) is 36.8 Å². The summed E-state index contributed by atoms with van der Waals surface area (Å²) in [6.07, 6.45) is -0.651. The summed E-state index contributed by atoms with van der Waals surface area (Å²) in [7, 11) is 3.18. The molecule has 0 bridgehead atoms. The number of thiophene rings is 1. The summed E-state index contributed by atoms with van der Waals surface area (Å²) in [6.45, 7) is 2.47. The fraction of sp³-hybridized carbons (Fsp3) is 0.375. The van der Waals surface area contributed by atoms with E-state index in [0.717, 1.165) is 14.8 Å². The zero-order chi connectivity index (χ0) is 16.1. The molecule has 0 spiro atoms. The van der Waals surface area contributed by atoms with Crippen LogP contribution in [0.15, 0.2) is 30.3 Å². The summed E-state index contributed by atoms with van der Waals surface area (Å²) >= 11 is 7.48. The van der Waals surface area contributed by atoms with Crippen LogP contribution in [0.2, 0.25) is 4.34 Å². The predicted molar refractivity (Wildman–Crippen MR) is 90.3 cm³/mol. The van der Waals surface area contributed by atoms with E-state index in [2.05, 4.69) is 5.32 Å². The second-order valence-electron chi connectivity index (χ2n) is 4.93. The van der Waals surface area contributed by atoms with Gasteiger partial charge in [-0.25, -0.2) is 0 Å². The van der Waals surface area contributed by atoms with Crippen molar-refractivity contribution in [2.75, 3.05) is 20.8 Å². The third-order valence-corrected chi connectivity index (χ3v) is 4.81. The van der Waals surface area contributed by atoms with Crippen LogP contribution in [0.3, 0.4) is 0 Å². The lowest BCUT2D eigenvalue weighted by Crippen LogP contribution is -2.24. The standard InChI is InChI=1S/C16H20ClNO3S/c1-10(15-4-5-16(17)22-15)18-9-14(19)11-6-12(20-2)8-13(7-11)21-3/h4-8,10,14,18-19H,9H2,1-3H3. The van der Waals surface area contributed by atoms with Crippen LogP contribution in [-0.2, 0) is 0 Å². The number of ether oxygens (including phenoxy) is 2. The summed E-state index contributed by atoms with van der Waals surface area (Å²) in [5.41, 5.74) is 0.750. The van der Waals surface area contributed by atoms with Gasteiger partial charge in [-0.3, -0.25) is 0 Å². The second-order valence-corrected chi connectivity index (χ2v) is 6.68. The Morgan fingerprint density at radius 1 is 1.18 bits per heavy atom. The van der Waals surface area contributed by atoms with E-state index < -0.39 is 6.10 Å². The summed E-state index contributed by atoms with van der Waals surface area (Å²) in [5, 5.41) is 13.7. The van der Waals surface area contributed by atoms with Crippen molar-refractivity contribution in [1.82, 2.24) is 5.32 Å². The lowest BCUT2D eigenvalue weighted by Gasteiger charge is -2.17. The average Bonchev–Trinajstić information content (AvgIpc) is 2.98. The lowest BCUT2D eigenvalue weighted by molar-refractivity contribution is 0.170. The van der Waals surface area contributed by atoms with E-state index in [0.29, 0.717) is 18.0 Å². The molecular weight excluding hydrogens is 322 g/mol. The van der Waals surface area contributed by atoms with Crippen molar-refractivity contribution in [3.05, 3.63) is 45.1 Å². The van der Waals surface area contributed by atoms with Crippen molar-refractivity contribution in [2.24, 2.45) is 0 Å². The number of nitrogens with one attached hydrogen (secondary N) is 1. The summed E-state index contributed by atoms with van der Waals surface area (Å²) < 4.78 is 11.2. The maximum Gasteiger partial charge on any atom is 0.122 e. The van der Waals surface area contributed by atoms with Gasteiger partial charge < -0.3 is 19.9 Å². The Morgan fingerprint density at radius 2 is 1.82 bits per heavy atom. The molecule has 1 aromatic carbocycles. The number of halogens is 1. The smallest absolute Gasteiger partial charge is 0.122 e. The van der Waals surface area contributed by atoms with Gasteiger partial charge in [0, 0.05) is 23.5 Å². The predicted octanol–water partition coefficient (Wildman–Crippen LogP) is 3.80. The van der Waals surface area contributed by atoms with Gasteiger partial charge in [0.25, 0.3) is 0 Å². The number of aliphatic hydroxyl groups excluding tert-OH is 1.